The van der Waals surface area contributed by atoms with Crippen molar-refractivity contribution in [2.24, 2.45) is 0 Å². The molecular weight excluding hydrogens is 584 g/mol. The van der Waals surface area contributed by atoms with Crippen molar-refractivity contribution in [2.75, 3.05) is 0 Å². The maximum Gasteiger partial charge on any atom is 0.324 e. The van der Waals surface area contributed by atoms with E-state index in [-0.39, 0.29) is 5.56 Å². The molecule has 0 spiro atoms. The fourth-order valence-corrected chi connectivity index (χ4v) is 10.00. The van der Waals surface area contributed by atoms with Crippen LogP contribution in [0.2, 0.25) is 0 Å². The normalized spacial score (nSPS) is 14.5. The Bertz CT molecular complexity index is 1810. The van der Waals surface area contributed by atoms with E-state index in [2.05, 4.69) is 0 Å². The van der Waals surface area contributed by atoms with E-state index in [1.165, 1.54) is 60.7 Å². The Morgan fingerprint density at radius 2 is 0.953 bits per heavy atom. The number of aryl methyl sites for hydroxylation is 1. The van der Waals surface area contributed by atoms with Crippen LogP contribution in [0.3, 0.4) is 0 Å². The van der Waals surface area contributed by atoms with E-state index < -0.39 is 51.7 Å². The summed E-state index contributed by atoms with van der Waals surface area (Å²) >= 11 is 0. The highest BCUT2D eigenvalue weighted by molar-refractivity contribution is 8.10. The average molecular weight is 615 g/mol. The lowest BCUT2D eigenvalue weighted by molar-refractivity contribution is 0.0535. The summed E-state index contributed by atoms with van der Waals surface area (Å²) in [6.07, 6.45) is -0.612. The molecule has 5 rings (SSSR count). The molecule has 5 aromatic rings. The van der Waals surface area contributed by atoms with Crippen molar-refractivity contribution >= 4 is 19.7 Å². The van der Waals surface area contributed by atoms with Crippen LogP contribution in [0.15, 0.2) is 155 Å². The number of rotatable bonds is 10. The molecule has 0 heterocycles. The number of hydrogen-bond donors (Lipinski definition) is 1. The van der Waals surface area contributed by atoms with E-state index in [1.54, 1.807) is 84.9 Å². The lowest BCUT2D eigenvalue weighted by Crippen LogP contribution is -2.49. The highest BCUT2D eigenvalue weighted by Gasteiger charge is 2.64. The molecule has 0 fully saturated rings. The highest BCUT2D eigenvalue weighted by Crippen LogP contribution is 2.52. The molecule has 0 bridgehead atoms. The Kier molecular flexibility index (Phi) is 8.38. The van der Waals surface area contributed by atoms with Gasteiger partial charge < -0.3 is 5.11 Å². The van der Waals surface area contributed by atoms with Crippen molar-refractivity contribution in [2.45, 2.75) is 39.0 Å². The number of hydrogen-bond acceptors (Lipinski definition) is 5. The van der Waals surface area contributed by atoms with Gasteiger partial charge in [-0.15, -0.1) is 0 Å². The smallest absolute Gasteiger partial charge is 0.324 e. The minimum Gasteiger partial charge on any atom is -0.380 e. The third kappa shape index (κ3) is 5.42. The number of halogens is 1. The topological polar surface area (TPSA) is 88.5 Å². The van der Waals surface area contributed by atoms with Gasteiger partial charge in [0.15, 0.2) is 0 Å². The molecule has 0 aliphatic heterocycles. The molecule has 0 saturated carbocycles. The molecule has 0 aliphatic rings. The Balaban J connectivity index is 1.85. The van der Waals surface area contributed by atoms with Crippen LogP contribution in [0.4, 0.5) is 4.39 Å². The molecular formula is C35H31FO5S2. The summed E-state index contributed by atoms with van der Waals surface area (Å²) in [6.45, 7) is 1.88. The summed E-state index contributed by atoms with van der Waals surface area (Å²) in [6, 6.07) is 36.7. The molecule has 0 amide bonds. The molecule has 0 aliphatic carbocycles. The van der Waals surface area contributed by atoms with Gasteiger partial charge in [0.2, 0.25) is 19.7 Å². The Hall–Kier alpha value is -4.11. The van der Waals surface area contributed by atoms with Gasteiger partial charge >= 0.3 is 4.33 Å². The van der Waals surface area contributed by atoms with Gasteiger partial charge in [0.05, 0.1) is 15.7 Å². The Morgan fingerprint density at radius 1 is 0.581 bits per heavy atom. The number of benzene rings is 5. The summed E-state index contributed by atoms with van der Waals surface area (Å²) in [5, 5.41) is 12.6. The monoisotopic (exact) mass is 614 g/mol. The molecule has 0 aromatic heterocycles. The highest BCUT2D eigenvalue weighted by atomic mass is 32.3. The lowest BCUT2D eigenvalue weighted by atomic mass is 9.77. The maximum absolute atomic E-state index is 18.4. The zero-order valence-electron chi connectivity index (χ0n) is 23.4. The van der Waals surface area contributed by atoms with Crippen LogP contribution in [0.25, 0.3) is 0 Å². The second-order valence-corrected chi connectivity index (χ2v) is 14.9. The first kappa shape index (κ1) is 30.4. The van der Waals surface area contributed by atoms with Crippen LogP contribution < -0.4 is 0 Å². The van der Waals surface area contributed by atoms with Crippen LogP contribution in [-0.2, 0) is 25.3 Å². The van der Waals surface area contributed by atoms with E-state index in [0.29, 0.717) is 11.1 Å². The quantitative estimate of drug-likeness (QED) is 0.183. The van der Waals surface area contributed by atoms with Gasteiger partial charge in [-0.25, -0.2) is 21.2 Å². The molecule has 5 aromatic carbocycles. The minimum absolute atomic E-state index is 0.102. The van der Waals surface area contributed by atoms with Crippen LogP contribution in [0.5, 0.6) is 0 Å². The second kappa shape index (κ2) is 11.9. The van der Waals surface area contributed by atoms with Crippen molar-refractivity contribution in [1.29, 1.82) is 0 Å². The molecule has 1 N–H and O–H groups in total. The molecule has 220 valence electrons. The van der Waals surface area contributed by atoms with Crippen LogP contribution in [-0.4, -0.2) is 26.3 Å². The van der Waals surface area contributed by atoms with Crippen LogP contribution in [0, 0.1) is 6.92 Å². The van der Waals surface area contributed by atoms with Crippen LogP contribution >= 0.6 is 0 Å². The minimum atomic E-state index is -5.26. The molecule has 2 unspecified atom stereocenters. The maximum atomic E-state index is 18.4. The summed E-state index contributed by atoms with van der Waals surface area (Å²) in [5.74, 6) is -1.88. The van der Waals surface area contributed by atoms with Gasteiger partial charge in [0.25, 0.3) is 0 Å². The number of alkyl halides is 1. The molecule has 8 heteroatoms. The molecule has 43 heavy (non-hydrogen) atoms. The summed E-state index contributed by atoms with van der Waals surface area (Å²) < 4.78 is 72.3. The van der Waals surface area contributed by atoms with Gasteiger partial charge in [0, 0.05) is 0 Å². The first-order valence-electron chi connectivity index (χ1n) is 13.7. The van der Waals surface area contributed by atoms with E-state index >= 15 is 4.39 Å². The SMILES string of the molecule is Cc1ccc(C(O)(CC(c2ccccc2)C(F)(S(=O)(=O)c2ccccc2)S(=O)(=O)c2ccccc2)c2ccccc2)cc1. The Morgan fingerprint density at radius 3 is 1.40 bits per heavy atom. The van der Waals surface area contributed by atoms with Gasteiger partial charge in [-0.2, -0.15) is 0 Å². The van der Waals surface area contributed by atoms with E-state index in [1.807, 2.05) is 6.92 Å². The third-order valence-electron chi connectivity index (χ3n) is 7.74. The molecule has 0 saturated heterocycles. The largest absolute Gasteiger partial charge is 0.380 e. The fraction of sp³-hybridized carbons (Fsp3) is 0.143. The number of aliphatic hydroxyl groups is 1. The van der Waals surface area contributed by atoms with Crippen molar-refractivity contribution in [3.05, 3.63) is 168 Å². The second-order valence-electron chi connectivity index (χ2n) is 10.5. The van der Waals surface area contributed by atoms with Gasteiger partial charge in [-0.3, -0.25) is 0 Å². The van der Waals surface area contributed by atoms with Gasteiger partial charge in [-0.1, -0.05) is 127 Å². The van der Waals surface area contributed by atoms with Crippen molar-refractivity contribution in [3.63, 3.8) is 0 Å². The first-order valence-corrected chi connectivity index (χ1v) is 16.7. The lowest BCUT2D eigenvalue weighted by Gasteiger charge is -2.39. The zero-order valence-corrected chi connectivity index (χ0v) is 25.0. The van der Waals surface area contributed by atoms with Gasteiger partial charge in [-0.05, 0) is 54.3 Å². The van der Waals surface area contributed by atoms with E-state index in [4.69, 9.17) is 0 Å². The van der Waals surface area contributed by atoms with Crippen molar-refractivity contribution in [1.82, 2.24) is 0 Å². The van der Waals surface area contributed by atoms with Crippen molar-refractivity contribution in [3.8, 4) is 0 Å². The summed E-state index contributed by atoms with van der Waals surface area (Å²) in [4.78, 5) is -0.979. The standard InChI is InChI=1S/C35H31FO5S2/c1-27-22-24-30(25-23-27)34(37,29-16-8-3-9-17-29)26-33(28-14-6-2-7-15-28)35(36,42(38,39)31-18-10-4-11-19-31)43(40,41)32-20-12-5-13-21-32/h2-25,33,37H,26H2,1H3. The van der Waals surface area contributed by atoms with E-state index in [0.717, 1.165) is 5.56 Å². The van der Waals surface area contributed by atoms with E-state index in [9.17, 15) is 21.9 Å². The third-order valence-corrected chi connectivity index (χ3v) is 12.9. The summed E-state index contributed by atoms with van der Waals surface area (Å²) in [7, 11) is -10.5. The molecule has 5 nitrogen and oxygen atoms in total. The average Bonchev–Trinajstić information content (AvgIpc) is 3.05. The Labute approximate surface area is 252 Å². The molecule has 0 radical (unpaired) electrons. The predicted octanol–water partition coefficient (Wildman–Crippen LogP) is 6.98. The fourth-order valence-electron chi connectivity index (χ4n) is 5.40. The zero-order chi connectivity index (χ0) is 30.7. The molecule has 2 atom stereocenters. The predicted molar refractivity (Wildman–Crippen MR) is 166 cm³/mol. The van der Waals surface area contributed by atoms with Gasteiger partial charge in [0.1, 0.15) is 5.60 Å². The number of sulfone groups is 2. The summed E-state index contributed by atoms with van der Waals surface area (Å²) in [5.41, 5.74) is -0.244. The van der Waals surface area contributed by atoms with Crippen molar-refractivity contribution < 1.29 is 26.3 Å². The van der Waals surface area contributed by atoms with Crippen LogP contribution in [0.1, 0.15) is 34.6 Å². The first-order chi connectivity index (χ1) is 20.5.